The molecule has 1 fully saturated rings. The first-order chi connectivity index (χ1) is 18.7. The maximum absolute atomic E-state index is 13.3. The maximum Gasteiger partial charge on any atom is 0.270 e. The minimum absolute atomic E-state index is 0.00996. The Balaban J connectivity index is 1.57. The molecule has 0 radical (unpaired) electrons. The second-order valence-corrected chi connectivity index (χ2v) is 9.51. The molecule has 200 valence electrons. The fourth-order valence-corrected chi connectivity index (χ4v) is 4.54. The summed E-state index contributed by atoms with van der Waals surface area (Å²) in [5, 5.41) is 5.51. The summed E-state index contributed by atoms with van der Waals surface area (Å²) in [6, 6.07) is 17.6. The van der Waals surface area contributed by atoms with Crippen molar-refractivity contribution in [3.63, 3.8) is 0 Å². The van der Waals surface area contributed by atoms with Gasteiger partial charge in [0.2, 0.25) is 0 Å². The summed E-state index contributed by atoms with van der Waals surface area (Å²) in [5.41, 5.74) is 3.53. The summed E-state index contributed by atoms with van der Waals surface area (Å²) >= 11 is 11.7. The zero-order valence-electron chi connectivity index (χ0n) is 21.5. The van der Waals surface area contributed by atoms with Crippen LogP contribution < -0.4 is 25.0 Å². The molecule has 0 spiro atoms. The van der Waals surface area contributed by atoms with E-state index in [0.717, 1.165) is 11.1 Å². The van der Waals surface area contributed by atoms with Gasteiger partial charge in [0.05, 0.1) is 17.3 Å². The second-order valence-electron chi connectivity index (χ2n) is 8.71. The highest BCUT2D eigenvalue weighted by Crippen LogP contribution is 2.37. The Hall–Kier alpha value is -4.21. The lowest BCUT2D eigenvalue weighted by atomic mass is 10.1. The average Bonchev–Trinajstić information content (AvgIpc) is 2.88. The van der Waals surface area contributed by atoms with Gasteiger partial charge in [0.1, 0.15) is 5.57 Å². The molecule has 3 amide bonds. The third-order valence-electron chi connectivity index (χ3n) is 5.76. The summed E-state index contributed by atoms with van der Waals surface area (Å²) in [7, 11) is 0. The van der Waals surface area contributed by atoms with Gasteiger partial charge in [-0.05, 0) is 80.5 Å². The minimum atomic E-state index is -0.630. The van der Waals surface area contributed by atoms with Crippen molar-refractivity contribution in [1.29, 1.82) is 0 Å². The van der Waals surface area contributed by atoms with Gasteiger partial charge in [-0.25, -0.2) is 0 Å². The van der Waals surface area contributed by atoms with Crippen LogP contribution in [0.2, 0.25) is 5.02 Å². The lowest BCUT2D eigenvalue weighted by Gasteiger charge is -2.28. The number of para-hydroxylation sites is 1. The van der Waals surface area contributed by atoms with Crippen LogP contribution in [0, 0.1) is 13.8 Å². The summed E-state index contributed by atoms with van der Waals surface area (Å²) < 4.78 is 11.4. The Labute approximate surface area is 236 Å². The summed E-state index contributed by atoms with van der Waals surface area (Å²) in [4.78, 5) is 39.7. The van der Waals surface area contributed by atoms with Crippen LogP contribution in [0.5, 0.6) is 11.5 Å². The second kappa shape index (κ2) is 12.1. The van der Waals surface area contributed by atoms with E-state index in [-0.39, 0.29) is 46.3 Å². The predicted octanol–water partition coefficient (Wildman–Crippen LogP) is 5.20. The monoisotopic (exact) mass is 563 g/mol. The molecule has 1 aliphatic heterocycles. The molecule has 3 aromatic rings. The smallest absolute Gasteiger partial charge is 0.270 e. The highest BCUT2D eigenvalue weighted by Gasteiger charge is 2.34. The Kier molecular flexibility index (Phi) is 8.63. The first kappa shape index (κ1) is 27.8. The number of ether oxygens (including phenoxy) is 2. The molecule has 2 N–H and O–H groups in total. The molecule has 0 saturated carbocycles. The summed E-state index contributed by atoms with van der Waals surface area (Å²) in [6.45, 7) is 5.65. The number of hydrogen-bond donors (Lipinski definition) is 2. The van der Waals surface area contributed by atoms with Crippen LogP contribution in [-0.4, -0.2) is 36.0 Å². The van der Waals surface area contributed by atoms with E-state index in [2.05, 4.69) is 10.6 Å². The molecule has 4 rings (SSSR count). The van der Waals surface area contributed by atoms with Gasteiger partial charge in [-0.3, -0.25) is 24.6 Å². The molecule has 1 heterocycles. The summed E-state index contributed by atoms with van der Waals surface area (Å²) in [5.74, 6) is -1.14. The molecule has 1 aliphatic rings. The Morgan fingerprint density at radius 3 is 2.51 bits per heavy atom. The van der Waals surface area contributed by atoms with Crippen LogP contribution in [0.25, 0.3) is 6.08 Å². The third-order valence-corrected chi connectivity index (χ3v) is 6.33. The molecule has 3 aromatic carbocycles. The summed E-state index contributed by atoms with van der Waals surface area (Å²) in [6.07, 6.45) is 1.40. The van der Waals surface area contributed by atoms with Crippen molar-refractivity contribution in [3.8, 4) is 11.5 Å². The van der Waals surface area contributed by atoms with Crippen LogP contribution in [-0.2, 0) is 14.4 Å². The van der Waals surface area contributed by atoms with E-state index in [1.54, 1.807) is 37.3 Å². The molecular formula is C29H26ClN3O5S. The Morgan fingerprint density at radius 1 is 1.08 bits per heavy atom. The van der Waals surface area contributed by atoms with Crippen LogP contribution in [0.15, 0.2) is 66.2 Å². The van der Waals surface area contributed by atoms with E-state index in [9.17, 15) is 14.4 Å². The van der Waals surface area contributed by atoms with E-state index >= 15 is 0 Å². The SMILES string of the molecule is CCOc1cc(/C=C2/C(=O)NC(=S)N(c3ccccc3)C2=O)cc(Cl)c1OCC(=O)Nc1ccc(C)cc1C. The van der Waals surface area contributed by atoms with Crippen LogP contribution in [0.3, 0.4) is 0 Å². The molecule has 0 aromatic heterocycles. The number of amides is 3. The molecule has 8 nitrogen and oxygen atoms in total. The topological polar surface area (TPSA) is 97.0 Å². The van der Waals surface area contributed by atoms with Crippen molar-refractivity contribution in [3.05, 3.63) is 87.9 Å². The number of halogens is 1. The maximum atomic E-state index is 13.3. The number of nitrogens with one attached hydrogen (secondary N) is 2. The van der Waals surface area contributed by atoms with Crippen molar-refractivity contribution in [2.24, 2.45) is 0 Å². The number of anilines is 2. The van der Waals surface area contributed by atoms with E-state index < -0.39 is 11.8 Å². The molecule has 10 heteroatoms. The molecule has 0 bridgehead atoms. The lowest BCUT2D eigenvalue weighted by molar-refractivity contribution is -0.122. The quantitative estimate of drug-likeness (QED) is 0.222. The Bertz CT molecular complexity index is 1490. The number of hydrogen-bond acceptors (Lipinski definition) is 6. The highest BCUT2D eigenvalue weighted by molar-refractivity contribution is 7.80. The first-order valence-electron chi connectivity index (χ1n) is 12.1. The van der Waals surface area contributed by atoms with Gasteiger partial charge in [0, 0.05) is 5.69 Å². The number of thiocarbonyl (C=S) groups is 1. The fourth-order valence-electron chi connectivity index (χ4n) is 3.99. The standard InChI is InChI=1S/C29H26ClN3O5S/c1-4-37-24-15-19(13-21-27(35)32-29(39)33(28(21)36)20-8-6-5-7-9-20)14-22(30)26(24)38-16-25(34)31-23-11-10-17(2)12-18(23)3/h5-15H,4,16H2,1-3H3,(H,31,34)(H,32,35,39)/b21-13-. The van der Waals surface area contributed by atoms with E-state index in [0.29, 0.717) is 16.9 Å². The van der Waals surface area contributed by atoms with Gasteiger partial charge in [-0.15, -0.1) is 0 Å². The number of aryl methyl sites for hydroxylation is 2. The van der Waals surface area contributed by atoms with Crippen molar-refractivity contribution in [1.82, 2.24) is 5.32 Å². The lowest BCUT2D eigenvalue weighted by Crippen LogP contribution is -2.54. The molecule has 0 unspecified atom stereocenters. The first-order valence-corrected chi connectivity index (χ1v) is 12.9. The van der Waals surface area contributed by atoms with Gasteiger partial charge >= 0.3 is 0 Å². The van der Waals surface area contributed by atoms with Crippen molar-refractivity contribution in [2.75, 3.05) is 23.4 Å². The Morgan fingerprint density at radius 2 is 1.82 bits per heavy atom. The van der Waals surface area contributed by atoms with Gasteiger partial charge in [0.15, 0.2) is 23.2 Å². The number of rotatable bonds is 8. The van der Waals surface area contributed by atoms with Crippen LogP contribution in [0.4, 0.5) is 11.4 Å². The molecule has 0 aliphatic carbocycles. The van der Waals surface area contributed by atoms with Crippen molar-refractivity contribution >= 4 is 64.1 Å². The van der Waals surface area contributed by atoms with Crippen LogP contribution in [0.1, 0.15) is 23.6 Å². The normalized spacial score (nSPS) is 14.3. The molecular weight excluding hydrogens is 538 g/mol. The zero-order valence-corrected chi connectivity index (χ0v) is 23.1. The molecule has 39 heavy (non-hydrogen) atoms. The predicted molar refractivity (Wildman–Crippen MR) is 155 cm³/mol. The van der Waals surface area contributed by atoms with Crippen molar-refractivity contribution < 1.29 is 23.9 Å². The van der Waals surface area contributed by atoms with Crippen molar-refractivity contribution in [2.45, 2.75) is 20.8 Å². The number of carbonyl (C=O) groups is 3. The van der Waals surface area contributed by atoms with Gasteiger partial charge in [0.25, 0.3) is 17.7 Å². The number of benzene rings is 3. The third kappa shape index (κ3) is 6.45. The van der Waals surface area contributed by atoms with E-state index in [4.69, 9.17) is 33.3 Å². The van der Waals surface area contributed by atoms with E-state index in [1.807, 2.05) is 38.1 Å². The van der Waals surface area contributed by atoms with Gasteiger partial charge in [-0.1, -0.05) is 47.5 Å². The molecule has 0 atom stereocenters. The number of carbonyl (C=O) groups excluding carboxylic acids is 3. The largest absolute Gasteiger partial charge is 0.490 e. The minimum Gasteiger partial charge on any atom is -0.490 e. The van der Waals surface area contributed by atoms with Gasteiger partial charge in [-0.2, -0.15) is 0 Å². The fraction of sp³-hybridized carbons (Fsp3) is 0.172. The zero-order chi connectivity index (χ0) is 28.1. The van der Waals surface area contributed by atoms with E-state index in [1.165, 1.54) is 17.0 Å². The highest BCUT2D eigenvalue weighted by atomic mass is 35.5. The van der Waals surface area contributed by atoms with Gasteiger partial charge < -0.3 is 14.8 Å². The molecule has 1 saturated heterocycles. The van der Waals surface area contributed by atoms with Crippen LogP contribution >= 0.6 is 23.8 Å². The average molecular weight is 564 g/mol. The number of nitrogens with zero attached hydrogens (tertiary/aromatic N) is 1.